The first-order valence-electron chi connectivity index (χ1n) is 8.22. The van der Waals surface area contributed by atoms with Crippen LogP contribution in [0.2, 0.25) is 0 Å². The number of pyridine rings is 2. The number of fused-ring (bicyclic) bond motifs is 1. The maximum atomic E-state index is 12.4. The van der Waals surface area contributed by atoms with E-state index in [2.05, 4.69) is 29.8 Å². The first kappa shape index (κ1) is 15.5. The van der Waals surface area contributed by atoms with Gasteiger partial charge in [0.1, 0.15) is 17.3 Å². The predicted octanol–water partition coefficient (Wildman–Crippen LogP) is 2.82. The zero-order valence-electron chi connectivity index (χ0n) is 13.9. The highest BCUT2D eigenvalue weighted by molar-refractivity contribution is 5.88. The zero-order chi connectivity index (χ0) is 16.6. The van der Waals surface area contributed by atoms with Crippen LogP contribution < -0.4 is 10.5 Å². The van der Waals surface area contributed by atoms with Crippen LogP contribution in [-0.4, -0.2) is 22.1 Å². The van der Waals surface area contributed by atoms with Crippen molar-refractivity contribution in [1.29, 1.82) is 5.26 Å². The molecule has 5 nitrogen and oxygen atoms in total. The van der Waals surface area contributed by atoms with Gasteiger partial charge in [-0.05, 0) is 37.8 Å². The molecule has 2 aromatic heterocycles. The second kappa shape index (κ2) is 6.04. The summed E-state index contributed by atoms with van der Waals surface area (Å²) in [7, 11) is 1.75. The lowest BCUT2D eigenvalue weighted by molar-refractivity contribution is 0.359. The van der Waals surface area contributed by atoms with Crippen LogP contribution in [0, 0.1) is 17.2 Å². The van der Waals surface area contributed by atoms with Crippen molar-refractivity contribution in [2.24, 2.45) is 13.0 Å². The van der Waals surface area contributed by atoms with Crippen LogP contribution in [0.3, 0.4) is 0 Å². The monoisotopic (exact) mass is 310 g/mol. The van der Waals surface area contributed by atoms with E-state index in [1.807, 2.05) is 6.07 Å². The van der Waals surface area contributed by atoms with Crippen LogP contribution in [0.25, 0.3) is 11.0 Å². The molecule has 0 aromatic carbocycles. The van der Waals surface area contributed by atoms with Gasteiger partial charge < -0.3 is 9.47 Å². The molecule has 1 fully saturated rings. The summed E-state index contributed by atoms with van der Waals surface area (Å²) in [5.41, 5.74) is 2.73. The maximum Gasteiger partial charge on any atom is 0.252 e. The Morgan fingerprint density at radius 2 is 2.17 bits per heavy atom. The average Bonchev–Trinajstić information content (AvgIpc) is 2.58. The van der Waals surface area contributed by atoms with Crippen LogP contribution in [0.1, 0.15) is 38.8 Å². The Labute approximate surface area is 136 Å². The van der Waals surface area contributed by atoms with E-state index in [0.29, 0.717) is 17.7 Å². The summed E-state index contributed by atoms with van der Waals surface area (Å²) in [4.78, 5) is 19.1. The van der Waals surface area contributed by atoms with E-state index in [1.54, 1.807) is 23.7 Å². The Morgan fingerprint density at radius 1 is 1.39 bits per heavy atom. The number of hydrogen-bond acceptors (Lipinski definition) is 4. The first-order chi connectivity index (χ1) is 11.0. The number of rotatable bonds is 2. The molecule has 1 aliphatic heterocycles. The summed E-state index contributed by atoms with van der Waals surface area (Å²) in [6.45, 7) is 5.36. The molecular weight excluding hydrogens is 288 g/mol. The van der Waals surface area contributed by atoms with Crippen LogP contribution in [0.5, 0.6) is 0 Å². The van der Waals surface area contributed by atoms with Gasteiger partial charge >= 0.3 is 0 Å². The largest absolute Gasteiger partial charge is 0.367 e. The van der Waals surface area contributed by atoms with Gasteiger partial charge in [0.15, 0.2) is 0 Å². The standard InChI is InChI=1S/C18H22N4O/c1-4-13-6-5-12(2)22(11-13)16-9-17(23)21(3)15-8-7-14(10-19)20-18(15)16/h7-9,12-13H,4-6,11H2,1-3H3/t12-,13+/m1/s1. The molecule has 1 saturated heterocycles. The fourth-order valence-electron chi connectivity index (χ4n) is 3.44. The molecule has 0 unspecified atom stereocenters. The average molecular weight is 310 g/mol. The van der Waals surface area contributed by atoms with Crippen molar-refractivity contribution in [3.63, 3.8) is 0 Å². The minimum atomic E-state index is -0.0372. The van der Waals surface area contributed by atoms with Gasteiger partial charge in [-0.2, -0.15) is 5.26 Å². The van der Waals surface area contributed by atoms with Crippen LogP contribution in [-0.2, 0) is 7.05 Å². The molecule has 120 valence electrons. The number of aromatic nitrogens is 2. The van der Waals surface area contributed by atoms with Gasteiger partial charge in [-0.15, -0.1) is 0 Å². The molecule has 3 rings (SSSR count). The van der Waals surface area contributed by atoms with E-state index in [9.17, 15) is 4.79 Å². The highest BCUT2D eigenvalue weighted by atomic mass is 16.1. The van der Waals surface area contributed by atoms with Crippen molar-refractivity contribution in [2.75, 3.05) is 11.4 Å². The van der Waals surface area contributed by atoms with Crippen molar-refractivity contribution < 1.29 is 0 Å². The third-order valence-corrected chi connectivity index (χ3v) is 5.05. The second-order valence-electron chi connectivity index (χ2n) is 6.46. The van der Waals surface area contributed by atoms with E-state index in [0.717, 1.165) is 36.1 Å². The Bertz CT molecular complexity index is 833. The summed E-state index contributed by atoms with van der Waals surface area (Å²) in [6, 6.07) is 7.63. The van der Waals surface area contributed by atoms with Crippen molar-refractivity contribution >= 4 is 16.7 Å². The molecule has 1 aliphatic rings. The number of nitriles is 1. The fraction of sp³-hybridized carbons (Fsp3) is 0.500. The molecule has 0 spiro atoms. The normalized spacial score (nSPS) is 21.4. The molecule has 0 aliphatic carbocycles. The fourth-order valence-corrected chi connectivity index (χ4v) is 3.44. The second-order valence-corrected chi connectivity index (χ2v) is 6.46. The minimum absolute atomic E-state index is 0.0372. The molecule has 0 amide bonds. The van der Waals surface area contributed by atoms with E-state index >= 15 is 0 Å². The highest BCUT2D eigenvalue weighted by Crippen LogP contribution is 2.32. The molecule has 3 heterocycles. The quantitative estimate of drug-likeness (QED) is 0.855. The van der Waals surface area contributed by atoms with Crippen LogP contribution in [0.15, 0.2) is 23.0 Å². The molecule has 23 heavy (non-hydrogen) atoms. The van der Waals surface area contributed by atoms with Gasteiger partial charge in [0.2, 0.25) is 0 Å². The van der Waals surface area contributed by atoms with Crippen LogP contribution in [0.4, 0.5) is 5.69 Å². The third-order valence-electron chi connectivity index (χ3n) is 5.05. The van der Waals surface area contributed by atoms with E-state index in [1.165, 1.54) is 6.42 Å². The van der Waals surface area contributed by atoms with Gasteiger partial charge in [0, 0.05) is 25.7 Å². The Kier molecular flexibility index (Phi) is 4.08. The summed E-state index contributed by atoms with van der Waals surface area (Å²) in [5.74, 6) is 0.643. The summed E-state index contributed by atoms with van der Waals surface area (Å²) >= 11 is 0. The first-order valence-corrected chi connectivity index (χ1v) is 8.22. The number of nitrogens with zero attached hydrogens (tertiary/aromatic N) is 4. The van der Waals surface area contributed by atoms with Gasteiger partial charge in [-0.3, -0.25) is 4.79 Å². The number of anilines is 1. The molecule has 0 saturated carbocycles. The number of hydrogen-bond donors (Lipinski definition) is 0. The summed E-state index contributed by atoms with van der Waals surface area (Å²) < 4.78 is 1.60. The summed E-state index contributed by atoms with van der Waals surface area (Å²) in [6.07, 6.45) is 3.49. The smallest absolute Gasteiger partial charge is 0.252 e. The van der Waals surface area contributed by atoms with Crippen molar-refractivity contribution in [3.05, 3.63) is 34.2 Å². The molecular formula is C18H22N4O. The number of piperidine rings is 1. The van der Waals surface area contributed by atoms with Crippen molar-refractivity contribution in [2.45, 2.75) is 39.2 Å². The molecule has 5 heteroatoms. The van der Waals surface area contributed by atoms with E-state index in [4.69, 9.17) is 5.26 Å². The zero-order valence-corrected chi connectivity index (χ0v) is 13.9. The van der Waals surface area contributed by atoms with Gasteiger partial charge in [0.05, 0.1) is 11.2 Å². The Balaban J connectivity index is 2.21. The minimum Gasteiger partial charge on any atom is -0.367 e. The highest BCUT2D eigenvalue weighted by Gasteiger charge is 2.27. The molecule has 0 bridgehead atoms. The lowest BCUT2D eigenvalue weighted by Crippen LogP contribution is -2.42. The van der Waals surface area contributed by atoms with E-state index in [-0.39, 0.29) is 5.56 Å². The number of aryl methyl sites for hydroxylation is 1. The van der Waals surface area contributed by atoms with Crippen molar-refractivity contribution in [3.8, 4) is 6.07 Å². The van der Waals surface area contributed by atoms with Crippen molar-refractivity contribution in [1.82, 2.24) is 9.55 Å². The van der Waals surface area contributed by atoms with E-state index < -0.39 is 0 Å². The molecule has 0 radical (unpaired) electrons. The van der Waals surface area contributed by atoms with Crippen LogP contribution >= 0.6 is 0 Å². The maximum absolute atomic E-state index is 12.4. The topological polar surface area (TPSA) is 61.9 Å². The molecule has 0 N–H and O–H groups in total. The summed E-state index contributed by atoms with van der Waals surface area (Å²) in [5, 5.41) is 9.16. The lowest BCUT2D eigenvalue weighted by atomic mass is 9.91. The molecule has 2 aromatic rings. The predicted molar refractivity (Wildman–Crippen MR) is 91.5 cm³/mol. The molecule has 2 atom stereocenters. The Hall–Kier alpha value is -2.35. The Morgan fingerprint density at radius 3 is 2.87 bits per heavy atom. The third kappa shape index (κ3) is 2.70. The SMILES string of the molecule is CC[C@H]1CC[C@@H](C)N(c2cc(=O)n(C)c3ccc(C#N)nc23)C1. The lowest BCUT2D eigenvalue weighted by Gasteiger charge is -2.39. The van der Waals surface area contributed by atoms with Gasteiger partial charge in [0.25, 0.3) is 5.56 Å². The van der Waals surface area contributed by atoms with Gasteiger partial charge in [-0.1, -0.05) is 13.3 Å². The van der Waals surface area contributed by atoms with Gasteiger partial charge in [-0.25, -0.2) is 4.98 Å².